The van der Waals surface area contributed by atoms with Crippen LogP contribution in [-0.2, 0) is 4.79 Å². The summed E-state index contributed by atoms with van der Waals surface area (Å²) in [5.41, 5.74) is 4.62. The standard InChI is InChI=1S/C15H30N2O2/c1-11(2)8-14(4,19)10-17-13(18)15(16)7-5-6-12(3)9-15/h11-12,19H,5-10,16H2,1-4H3,(H,17,18). The highest BCUT2D eigenvalue weighted by Crippen LogP contribution is 2.30. The highest BCUT2D eigenvalue weighted by atomic mass is 16.3. The summed E-state index contributed by atoms with van der Waals surface area (Å²) in [7, 11) is 0. The van der Waals surface area contributed by atoms with Crippen LogP contribution in [0.15, 0.2) is 0 Å². The van der Waals surface area contributed by atoms with E-state index in [0.29, 0.717) is 18.3 Å². The SMILES string of the molecule is CC(C)CC(C)(O)CNC(=O)C1(N)CCCC(C)C1. The van der Waals surface area contributed by atoms with Crippen LogP contribution in [-0.4, -0.2) is 28.7 Å². The first kappa shape index (κ1) is 16.4. The van der Waals surface area contributed by atoms with Gasteiger partial charge in [-0.15, -0.1) is 0 Å². The van der Waals surface area contributed by atoms with E-state index >= 15 is 0 Å². The molecule has 4 heteroatoms. The summed E-state index contributed by atoms with van der Waals surface area (Å²) >= 11 is 0. The normalized spacial score (nSPS) is 31.0. The molecular weight excluding hydrogens is 240 g/mol. The molecule has 112 valence electrons. The summed E-state index contributed by atoms with van der Waals surface area (Å²) in [6, 6.07) is 0. The molecule has 1 rings (SSSR count). The largest absolute Gasteiger partial charge is 0.388 e. The zero-order valence-corrected chi connectivity index (χ0v) is 12.8. The Kier molecular flexibility index (Phi) is 5.39. The van der Waals surface area contributed by atoms with E-state index in [-0.39, 0.29) is 12.5 Å². The second kappa shape index (κ2) is 6.23. The van der Waals surface area contributed by atoms with Crippen molar-refractivity contribution < 1.29 is 9.90 Å². The maximum absolute atomic E-state index is 12.3. The van der Waals surface area contributed by atoms with Crippen LogP contribution in [0.3, 0.4) is 0 Å². The number of nitrogens with two attached hydrogens (primary N) is 1. The molecule has 0 radical (unpaired) electrons. The molecular formula is C15H30N2O2. The van der Waals surface area contributed by atoms with Crippen molar-refractivity contribution in [3.8, 4) is 0 Å². The van der Waals surface area contributed by atoms with Crippen molar-refractivity contribution in [1.29, 1.82) is 0 Å². The van der Waals surface area contributed by atoms with Crippen molar-refractivity contribution in [3.63, 3.8) is 0 Å². The smallest absolute Gasteiger partial charge is 0.240 e. The molecule has 0 saturated heterocycles. The van der Waals surface area contributed by atoms with Crippen LogP contribution in [0.2, 0.25) is 0 Å². The first-order chi connectivity index (χ1) is 8.65. The minimum Gasteiger partial charge on any atom is -0.388 e. The lowest BCUT2D eigenvalue weighted by atomic mass is 9.76. The monoisotopic (exact) mass is 270 g/mol. The van der Waals surface area contributed by atoms with Gasteiger partial charge in [-0.2, -0.15) is 0 Å². The minimum absolute atomic E-state index is 0.108. The third-order valence-electron chi connectivity index (χ3n) is 3.96. The fraction of sp³-hybridized carbons (Fsp3) is 0.933. The Bertz CT molecular complexity index is 315. The Morgan fingerprint density at radius 2 is 2.21 bits per heavy atom. The van der Waals surface area contributed by atoms with Crippen molar-refractivity contribution in [3.05, 3.63) is 0 Å². The second-order valence-corrected chi connectivity index (χ2v) is 7.14. The van der Waals surface area contributed by atoms with Crippen LogP contribution in [0.1, 0.15) is 59.8 Å². The molecule has 0 heterocycles. The molecule has 3 atom stereocenters. The Labute approximate surface area is 117 Å². The summed E-state index contributed by atoms with van der Waals surface area (Å²) in [5.74, 6) is 0.789. The number of amides is 1. The molecule has 4 nitrogen and oxygen atoms in total. The van der Waals surface area contributed by atoms with Crippen molar-refractivity contribution in [2.45, 2.75) is 70.9 Å². The van der Waals surface area contributed by atoms with E-state index in [1.54, 1.807) is 6.92 Å². The van der Waals surface area contributed by atoms with Crippen LogP contribution in [0.25, 0.3) is 0 Å². The molecule has 0 aromatic rings. The number of hydrogen-bond acceptors (Lipinski definition) is 3. The molecule has 1 aliphatic rings. The Morgan fingerprint density at radius 3 is 2.74 bits per heavy atom. The second-order valence-electron chi connectivity index (χ2n) is 7.14. The molecule has 1 saturated carbocycles. The molecule has 3 unspecified atom stereocenters. The van der Waals surface area contributed by atoms with Crippen LogP contribution in [0.4, 0.5) is 0 Å². The first-order valence-electron chi connectivity index (χ1n) is 7.44. The molecule has 0 spiro atoms. The summed E-state index contributed by atoms with van der Waals surface area (Å²) in [4.78, 5) is 12.3. The molecule has 1 amide bonds. The summed E-state index contributed by atoms with van der Waals surface area (Å²) < 4.78 is 0. The highest BCUT2D eigenvalue weighted by Gasteiger charge is 2.38. The van der Waals surface area contributed by atoms with Crippen molar-refractivity contribution in [1.82, 2.24) is 5.32 Å². The lowest BCUT2D eigenvalue weighted by molar-refractivity contribution is -0.129. The van der Waals surface area contributed by atoms with Gasteiger partial charge in [0.05, 0.1) is 11.1 Å². The van der Waals surface area contributed by atoms with Crippen molar-refractivity contribution in [2.24, 2.45) is 17.6 Å². The van der Waals surface area contributed by atoms with Gasteiger partial charge in [0.1, 0.15) is 0 Å². The summed E-state index contributed by atoms with van der Waals surface area (Å²) in [6.07, 6.45) is 4.31. The third-order valence-corrected chi connectivity index (χ3v) is 3.96. The van der Waals surface area contributed by atoms with Gasteiger partial charge >= 0.3 is 0 Å². The minimum atomic E-state index is -0.861. The average Bonchev–Trinajstić information content (AvgIpc) is 2.23. The van der Waals surface area contributed by atoms with E-state index < -0.39 is 11.1 Å². The van der Waals surface area contributed by atoms with Gasteiger partial charge < -0.3 is 16.2 Å². The number of rotatable bonds is 5. The predicted octanol–water partition coefficient (Wildman–Crippen LogP) is 1.81. The first-order valence-corrected chi connectivity index (χ1v) is 7.44. The van der Waals surface area contributed by atoms with Crippen LogP contribution >= 0.6 is 0 Å². The Balaban J connectivity index is 2.50. The average molecular weight is 270 g/mol. The van der Waals surface area contributed by atoms with Gasteiger partial charge in [-0.1, -0.05) is 33.6 Å². The molecule has 0 aliphatic heterocycles. The van der Waals surface area contributed by atoms with Crippen LogP contribution in [0, 0.1) is 11.8 Å². The number of carbonyl (C=O) groups excluding carboxylic acids is 1. The molecule has 19 heavy (non-hydrogen) atoms. The fourth-order valence-electron chi connectivity index (χ4n) is 3.20. The zero-order valence-electron chi connectivity index (χ0n) is 12.8. The van der Waals surface area contributed by atoms with E-state index in [1.165, 1.54) is 0 Å². The number of hydrogen-bond donors (Lipinski definition) is 3. The van der Waals surface area contributed by atoms with E-state index in [2.05, 4.69) is 26.1 Å². The quantitative estimate of drug-likeness (QED) is 0.713. The Hall–Kier alpha value is -0.610. The highest BCUT2D eigenvalue weighted by molar-refractivity contribution is 5.86. The van der Waals surface area contributed by atoms with E-state index in [0.717, 1.165) is 25.7 Å². The van der Waals surface area contributed by atoms with Gasteiger partial charge in [-0.05, 0) is 38.0 Å². The number of aliphatic hydroxyl groups is 1. The van der Waals surface area contributed by atoms with Gasteiger partial charge in [0, 0.05) is 6.54 Å². The fourth-order valence-corrected chi connectivity index (χ4v) is 3.20. The topological polar surface area (TPSA) is 75.3 Å². The van der Waals surface area contributed by atoms with E-state index in [1.807, 2.05) is 0 Å². The van der Waals surface area contributed by atoms with Gasteiger partial charge in [0.25, 0.3) is 0 Å². The van der Waals surface area contributed by atoms with Gasteiger partial charge in [0.2, 0.25) is 5.91 Å². The molecule has 0 aromatic heterocycles. The summed E-state index contributed by atoms with van der Waals surface area (Å²) in [6.45, 7) is 8.30. The lowest BCUT2D eigenvalue weighted by Crippen LogP contribution is -2.58. The van der Waals surface area contributed by atoms with Crippen molar-refractivity contribution >= 4 is 5.91 Å². The maximum atomic E-state index is 12.3. The molecule has 1 aliphatic carbocycles. The van der Waals surface area contributed by atoms with Gasteiger partial charge in [-0.25, -0.2) is 0 Å². The van der Waals surface area contributed by atoms with Crippen LogP contribution in [0.5, 0.6) is 0 Å². The Morgan fingerprint density at radius 1 is 1.58 bits per heavy atom. The van der Waals surface area contributed by atoms with Gasteiger partial charge in [-0.3, -0.25) is 4.79 Å². The lowest BCUT2D eigenvalue weighted by Gasteiger charge is -2.36. The summed E-state index contributed by atoms with van der Waals surface area (Å²) in [5, 5.41) is 13.1. The number of nitrogens with one attached hydrogen (secondary N) is 1. The maximum Gasteiger partial charge on any atom is 0.240 e. The molecule has 0 bridgehead atoms. The third kappa shape index (κ3) is 5.11. The molecule has 0 aromatic carbocycles. The van der Waals surface area contributed by atoms with Gasteiger partial charge in [0.15, 0.2) is 0 Å². The molecule has 4 N–H and O–H groups in total. The predicted molar refractivity (Wildman–Crippen MR) is 77.6 cm³/mol. The molecule has 1 fully saturated rings. The van der Waals surface area contributed by atoms with Crippen molar-refractivity contribution in [2.75, 3.05) is 6.54 Å². The van der Waals surface area contributed by atoms with E-state index in [9.17, 15) is 9.90 Å². The van der Waals surface area contributed by atoms with Crippen LogP contribution < -0.4 is 11.1 Å². The number of carbonyl (C=O) groups is 1. The van der Waals surface area contributed by atoms with E-state index in [4.69, 9.17) is 5.73 Å². The zero-order chi connectivity index (χ0) is 14.7.